The maximum absolute atomic E-state index is 11.8. The lowest BCUT2D eigenvalue weighted by molar-refractivity contribution is -0.116. The summed E-state index contributed by atoms with van der Waals surface area (Å²) in [6.45, 7) is 1.73. The lowest BCUT2D eigenvalue weighted by Crippen LogP contribution is -2.20. The Labute approximate surface area is 114 Å². The molecule has 0 atom stereocenters. The minimum absolute atomic E-state index is 0.00507. The molecule has 1 N–H and O–H groups in total. The van der Waals surface area contributed by atoms with Gasteiger partial charge in [-0.1, -0.05) is 6.07 Å². The SMILES string of the molecule is COC(=O)c1cccc(NC(=O)Cn2cnnn2)c1C. The highest BCUT2D eigenvalue weighted by Gasteiger charge is 2.13. The van der Waals surface area contributed by atoms with E-state index in [4.69, 9.17) is 0 Å². The minimum Gasteiger partial charge on any atom is -0.465 e. The number of nitrogens with one attached hydrogen (secondary N) is 1. The highest BCUT2D eigenvalue weighted by Crippen LogP contribution is 2.19. The molecule has 1 aromatic carbocycles. The Hall–Kier alpha value is -2.77. The maximum Gasteiger partial charge on any atom is 0.338 e. The van der Waals surface area contributed by atoms with Gasteiger partial charge in [0.1, 0.15) is 12.9 Å². The maximum atomic E-state index is 11.8. The van der Waals surface area contributed by atoms with E-state index in [0.717, 1.165) is 0 Å². The standard InChI is InChI=1S/C12H13N5O3/c1-8-9(12(19)20-2)4-3-5-10(8)14-11(18)6-17-7-13-15-16-17/h3-5,7H,6H2,1-2H3,(H,14,18). The van der Waals surface area contributed by atoms with Gasteiger partial charge in [-0.15, -0.1) is 5.10 Å². The summed E-state index contributed by atoms with van der Waals surface area (Å²) in [4.78, 5) is 23.4. The molecule has 2 rings (SSSR count). The molecule has 1 aromatic heterocycles. The molecular weight excluding hydrogens is 262 g/mol. The summed E-state index contributed by atoms with van der Waals surface area (Å²) in [5.74, 6) is -0.735. The first-order valence-electron chi connectivity index (χ1n) is 5.80. The van der Waals surface area contributed by atoms with Crippen LogP contribution in [0.1, 0.15) is 15.9 Å². The van der Waals surface area contributed by atoms with Gasteiger partial charge < -0.3 is 10.1 Å². The average Bonchev–Trinajstić information content (AvgIpc) is 2.93. The lowest BCUT2D eigenvalue weighted by atomic mass is 10.1. The van der Waals surface area contributed by atoms with Crippen molar-refractivity contribution in [2.45, 2.75) is 13.5 Å². The molecule has 0 aliphatic carbocycles. The highest BCUT2D eigenvalue weighted by molar-refractivity contribution is 5.96. The number of carbonyl (C=O) groups is 2. The number of anilines is 1. The second-order valence-corrected chi connectivity index (χ2v) is 4.03. The second kappa shape index (κ2) is 5.91. The third-order valence-corrected chi connectivity index (χ3v) is 2.71. The third kappa shape index (κ3) is 2.97. The number of nitrogens with zero attached hydrogens (tertiary/aromatic N) is 4. The molecule has 1 heterocycles. The van der Waals surface area contributed by atoms with E-state index < -0.39 is 5.97 Å². The molecule has 0 aliphatic heterocycles. The van der Waals surface area contributed by atoms with Gasteiger partial charge in [-0.3, -0.25) is 4.79 Å². The summed E-state index contributed by atoms with van der Waals surface area (Å²) in [5, 5.41) is 13.2. The first-order chi connectivity index (χ1) is 9.61. The van der Waals surface area contributed by atoms with Crippen molar-refractivity contribution in [1.29, 1.82) is 0 Å². The summed E-state index contributed by atoms with van der Waals surface area (Å²) >= 11 is 0. The molecule has 1 amide bonds. The molecule has 2 aromatic rings. The fourth-order valence-corrected chi connectivity index (χ4v) is 1.69. The predicted molar refractivity (Wildman–Crippen MR) is 69.0 cm³/mol. The number of ether oxygens (including phenoxy) is 1. The molecule has 104 valence electrons. The van der Waals surface area contributed by atoms with Gasteiger partial charge in [-0.05, 0) is 35.0 Å². The summed E-state index contributed by atoms with van der Waals surface area (Å²) in [6, 6.07) is 5.02. The zero-order valence-electron chi connectivity index (χ0n) is 11.0. The molecule has 0 radical (unpaired) electrons. The Balaban J connectivity index is 2.13. The Kier molecular flexibility index (Phi) is 4.04. The van der Waals surface area contributed by atoms with Crippen LogP contribution in [0.25, 0.3) is 0 Å². The molecule has 20 heavy (non-hydrogen) atoms. The van der Waals surface area contributed by atoms with Crippen molar-refractivity contribution >= 4 is 17.6 Å². The highest BCUT2D eigenvalue weighted by atomic mass is 16.5. The molecule has 0 aliphatic rings. The van der Waals surface area contributed by atoms with Gasteiger partial charge in [-0.25, -0.2) is 9.48 Å². The molecular formula is C12H13N5O3. The largest absolute Gasteiger partial charge is 0.465 e. The van der Waals surface area contributed by atoms with E-state index in [-0.39, 0.29) is 12.5 Å². The number of rotatable bonds is 4. The monoisotopic (exact) mass is 275 g/mol. The van der Waals surface area contributed by atoms with Gasteiger partial charge in [0.2, 0.25) is 5.91 Å². The molecule has 0 bridgehead atoms. The number of benzene rings is 1. The van der Waals surface area contributed by atoms with Crippen LogP contribution in [0.5, 0.6) is 0 Å². The topological polar surface area (TPSA) is 99.0 Å². The molecule has 0 saturated heterocycles. The zero-order chi connectivity index (χ0) is 14.5. The van der Waals surface area contributed by atoms with Crippen LogP contribution in [0.3, 0.4) is 0 Å². The van der Waals surface area contributed by atoms with Crippen molar-refractivity contribution in [2.24, 2.45) is 0 Å². The molecule has 0 saturated carbocycles. The van der Waals surface area contributed by atoms with E-state index in [2.05, 4.69) is 25.6 Å². The number of hydrogen-bond acceptors (Lipinski definition) is 6. The molecule has 0 fully saturated rings. The van der Waals surface area contributed by atoms with Crippen LogP contribution in [0.4, 0.5) is 5.69 Å². The molecule has 0 unspecified atom stereocenters. The van der Waals surface area contributed by atoms with E-state index in [1.54, 1.807) is 25.1 Å². The summed E-state index contributed by atoms with van der Waals surface area (Å²) < 4.78 is 5.98. The molecule has 8 heteroatoms. The molecule has 8 nitrogen and oxygen atoms in total. The fraction of sp³-hybridized carbons (Fsp3) is 0.250. The number of aromatic nitrogens is 4. The van der Waals surface area contributed by atoms with Crippen molar-refractivity contribution < 1.29 is 14.3 Å². The Morgan fingerprint density at radius 3 is 2.85 bits per heavy atom. The van der Waals surface area contributed by atoms with E-state index in [1.807, 2.05) is 0 Å². The number of hydrogen-bond donors (Lipinski definition) is 1. The Morgan fingerprint density at radius 2 is 2.20 bits per heavy atom. The fourth-order valence-electron chi connectivity index (χ4n) is 1.69. The normalized spacial score (nSPS) is 10.1. The van der Waals surface area contributed by atoms with Gasteiger partial charge in [-0.2, -0.15) is 0 Å². The van der Waals surface area contributed by atoms with E-state index in [9.17, 15) is 9.59 Å². The van der Waals surface area contributed by atoms with Crippen LogP contribution in [0.15, 0.2) is 24.5 Å². The number of carbonyl (C=O) groups excluding carboxylic acids is 2. The first-order valence-corrected chi connectivity index (χ1v) is 5.80. The van der Waals surface area contributed by atoms with Crippen molar-refractivity contribution in [1.82, 2.24) is 20.2 Å². The number of amides is 1. The Morgan fingerprint density at radius 1 is 1.40 bits per heavy atom. The van der Waals surface area contributed by atoms with Crippen molar-refractivity contribution in [3.8, 4) is 0 Å². The smallest absolute Gasteiger partial charge is 0.338 e. The van der Waals surface area contributed by atoms with Gasteiger partial charge in [0.05, 0.1) is 12.7 Å². The van der Waals surface area contributed by atoms with Crippen LogP contribution < -0.4 is 5.32 Å². The van der Waals surface area contributed by atoms with Gasteiger partial charge in [0.25, 0.3) is 0 Å². The van der Waals surface area contributed by atoms with Crippen molar-refractivity contribution in [2.75, 3.05) is 12.4 Å². The van der Waals surface area contributed by atoms with E-state index in [1.165, 1.54) is 18.1 Å². The quantitative estimate of drug-likeness (QED) is 0.811. The van der Waals surface area contributed by atoms with Crippen molar-refractivity contribution in [3.63, 3.8) is 0 Å². The average molecular weight is 275 g/mol. The summed E-state index contributed by atoms with van der Waals surface area (Å²) in [5.41, 5.74) is 1.60. The number of methoxy groups -OCH3 is 1. The molecule has 0 spiro atoms. The zero-order valence-corrected chi connectivity index (χ0v) is 11.0. The first kappa shape index (κ1) is 13.7. The van der Waals surface area contributed by atoms with Gasteiger partial charge in [0, 0.05) is 5.69 Å². The van der Waals surface area contributed by atoms with Crippen LogP contribution in [-0.2, 0) is 16.1 Å². The van der Waals surface area contributed by atoms with Gasteiger partial charge in [0.15, 0.2) is 0 Å². The summed E-state index contributed by atoms with van der Waals surface area (Å²) in [6.07, 6.45) is 1.34. The van der Waals surface area contributed by atoms with E-state index in [0.29, 0.717) is 16.8 Å². The lowest BCUT2D eigenvalue weighted by Gasteiger charge is -2.11. The third-order valence-electron chi connectivity index (χ3n) is 2.71. The van der Waals surface area contributed by atoms with Crippen LogP contribution in [0.2, 0.25) is 0 Å². The van der Waals surface area contributed by atoms with Gasteiger partial charge >= 0.3 is 5.97 Å². The minimum atomic E-state index is -0.445. The predicted octanol–water partition coefficient (Wildman–Crippen LogP) is 0.407. The second-order valence-electron chi connectivity index (χ2n) is 4.03. The van der Waals surface area contributed by atoms with Crippen LogP contribution >= 0.6 is 0 Å². The van der Waals surface area contributed by atoms with Crippen LogP contribution in [0, 0.1) is 6.92 Å². The van der Waals surface area contributed by atoms with Crippen LogP contribution in [-0.4, -0.2) is 39.2 Å². The van der Waals surface area contributed by atoms with E-state index >= 15 is 0 Å². The summed E-state index contributed by atoms with van der Waals surface area (Å²) in [7, 11) is 1.31. The number of tetrazole rings is 1. The number of esters is 1. The Bertz CT molecular complexity index is 624. The van der Waals surface area contributed by atoms with Crippen molar-refractivity contribution in [3.05, 3.63) is 35.7 Å².